The maximum absolute atomic E-state index is 13.5. The van der Waals surface area contributed by atoms with Crippen LogP contribution in [0.5, 0.6) is 0 Å². The summed E-state index contributed by atoms with van der Waals surface area (Å²) in [7, 11) is 0. The fourth-order valence-electron chi connectivity index (χ4n) is 1.35. The Hall–Kier alpha value is -1.89. The van der Waals surface area contributed by atoms with Crippen molar-refractivity contribution in [2.45, 2.75) is 25.8 Å². The molecule has 0 aliphatic carbocycles. The minimum absolute atomic E-state index is 0.120. The van der Waals surface area contributed by atoms with Gasteiger partial charge in [0.2, 0.25) is 0 Å². The molecule has 1 unspecified atom stereocenters. The summed E-state index contributed by atoms with van der Waals surface area (Å²) in [5.74, 6) is -3.18. The molecule has 110 valence electrons. The summed E-state index contributed by atoms with van der Waals surface area (Å²) in [6.07, 6.45) is 0.120. The number of carbonyl (C=O) groups is 2. The fraction of sp³-hybridized carbons (Fsp3) is 0.333. The highest BCUT2D eigenvalue weighted by molar-refractivity contribution is 6.33. The monoisotopic (exact) mass is 306 g/mol. The van der Waals surface area contributed by atoms with Crippen LogP contribution in [-0.4, -0.2) is 22.6 Å². The van der Waals surface area contributed by atoms with Crippen molar-refractivity contribution in [1.29, 1.82) is 0 Å². The molecule has 1 rings (SSSR count). The van der Waals surface area contributed by atoms with Crippen LogP contribution in [0.4, 0.5) is 19.3 Å². The van der Waals surface area contributed by atoms with E-state index in [2.05, 4.69) is 10.6 Å². The van der Waals surface area contributed by atoms with Crippen molar-refractivity contribution >= 4 is 29.3 Å². The van der Waals surface area contributed by atoms with E-state index in [9.17, 15) is 18.4 Å². The fourth-order valence-corrected chi connectivity index (χ4v) is 1.59. The third-order valence-electron chi connectivity index (χ3n) is 2.81. The average molecular weight is 307 g/mol. The van der Waals surface area contributed by atoms with E-state index in [-0.39, 0.29) is 11.4 Å². The van der Waals surface area contributed by atoms with E-state index in [1.807, 2.05) is 0 Å². The van der Waals surface area contributed by atoms with Gasteiger partial charge in [0.25, 0.3) is 0 Å². The zero-order valence-electron chi connectivity index (χ0n) is 10.8. The van der Waals surface area contributed by atoms with Gasteiger partial charge in [0.05, 0.1) is 10.7 Å². The van der Waals surface area contributed by atoms with E-state index in [0.29, 0.717) is 6.07 Å². The predicted molar refractivity (Wildman–Crippen MR) is 69.9 cm³/mol. The summed E-state index contributed by atoms with van der Waals surface area (Å²) in [4.78, 5) is 22.7. The second-order valence-corrected chi connectivity index (χ2v) is 4.72. The Morgan fingerprint density at radius 3 is 2.45 bits per heavy atom. The molecule has 5 nitrogen and oxygen atoms in total. The number of nitrogens with one attached hydrogen (secondary N) is 2. The van der Waals surface area contributed by atoms with Crippen LogP contribution in [0.2, 0.25) is 5.02 Å². The smallest absolute Gasteiger partial charge is 0.329 e. The summed E-state index contributed by atoms with van der Waals surface area (Å²) in [5.41, 5.74) is -1.93. The molecule has 0 spiro atoms. The first-order valence-corrected chi connectivity index (χ1v) is 6.04. The second-order valence-electron chi connectivity index (χ2n) is 4.31. The van der Waals surface area contributed by atoms with Crippen LogP contribution in [-0.2, 0) is 4.79 Å². The van der Waals surface area contributed by atoms with Gasteiger partial charge in [-0.1, -0.05) is 18.5 Å². The predicted octanol–water partition coefficient (Wildman–Crippen LogP) is 2.99. The largest absolute Gasteiger partial charge is 0.480 e. The summed E-state index contributed by atoms with van der Waals surface area (Å²) in [6.45, 7) is 2.87. The van der Waals surface area contributed by atoms with Crippen molar-refractivity contribution in [3.05, 3.63) is 28.8 Å². The summed E-state index contributed by atoms with van der Waals surface area (Å²) >= 11 is 5.61. The van der Waals surface area contributed by atoms with E-state index in [0.717, 1.165) is 6.07 Å². The number of carboxylic acids is 1. The lowest BCUT2D eigenvalue weighted by Gasteiger charge is -2.24. The molecular weight excluding hydrogens is 294 g/mol. The molecule has 8 heteroatoms. The third-order valence-corrected chi connectivity index (χ3v) is 3.11. The molecule has 20 heavy (non-hydrogen) atoms. The third kappa shape index (κ3) is 3.57. The Balaban J connectivity index is 2.90. The van der Waals surface area contributed by atoms with Crippen LogP contribution >= 0.6 is 11.6 Å². The number of hydrogen-bond donors (Lipinski definition) is 3. The lowest BCUT2D eigenvalue weighted by molar-refractivity contribution is -0.143. The first-order chi connectivity index (χ1) is 9.19. The van der Waals surface area contributed by atoms with Gasteiger partial charge in [-0.2, -0.15) is 0 Å². The Labute approximate surface area is 118 Å². The first-order valence-electron chi connectivity index (χ1n) is 5.66. The zero-order chi connectivity index (χ0) is 15.5. The van der Waals surface area contributed by atoms with Gasteiger partial charge in [-0.05, 0) is 19.4 Å². The van der Waals surface area contributed by atoms with Gasteiger partial charge in [-0.3, -0.25) is 0 Å². The number of carboxylic acid groups (broad SMARTS) is 1. The number of urea groups is 1. The van der Waals surface area contributed by atoms with Crippen molar-refractivity contribution < 1.29 is 23.5 Å². The summed E-state index contributed by atoms with van der Waals surface area (Å²) in [5, 5.41) is 12.9. The molecule has 2 amide bonds. The second kappa shape index (κ2) is 6.04. The van der Waals surface area contributed by atoms with Crippen molar-refractivity contribution in [1.82, 2.24) is 5.32 Å². The molecule has 3 N–H and O–H groups in total. The molecule has 0 saturated heterocycles. The maximum atomic E-state index is 13.5. The van der Waals surface area contributed by atoms with Crippen molar-refractivity contribution in [2.75, 3.05) is 5.32 Å². The van der Waals surface area contributed by atoms with Crippen LogP contribution in [0.1, 0.15) is 20.3 Å². The minimum atomic E-state index is -1.51. The van der Waals surface area contributed by atoms with Gasteiger partial charge in [0.1, 0.15) is 11.4 Å². The highest BCUT2D eigenvalue weighted by Crippen LogP contribution is 2.26. The van der Waals surface area contributed by atoms with Crippen LogP contribution in [0, 0.1) is 11.6 Å². The molecule has 1 atom stereocenters. The molecule has 0 fully saturated rings. The lowest BCUT2D eigenvalue weighted by atomic mass is 10.00. The standard InChI is InChI=1S/C12H13ClF2N2O3/c1-3-12(2,10(18)19)17-11(20)16-9-7(13)4-6(14)5-8(9)15/h4-5H,3H2,1-2H3,(H,18,19)(H2,16,17,20). The van der Waals surface area contributed by atoms with Crippen LogP contribution in [0.3, 0.4) is 0 Å². The summed E-state index contributed by atoms with van der Waals surface area (Å²) in [6, 6.07) is 0.429. The molecule has 0 aliphatic rings. The highest BCUT2D eigenvalue weighted by Gasteiger charge is 2.33. The number of aliphatic carboxylic acids is 1. The Morgan fingerprint density at radius 1 is 1.40 bits per heavy atom. The van der Waals surface area contributed by atoms with E-state index in [1.54, 1.807) is 6.92 Å². The molecule has 0 heterocycles. The number of hydrogen-bond acceptors (Lipinski definition) is 2. The van der Waals surface area contributed by atoms with Crippen molar-refractivity contribution in [3.8, 4) is 0 Å². The Bertz CT molecular complexity index is 530. The normalized spacial score (nSPS) is 13.4. The van der Waals surface area contributed by atoms with Crippen molar-refractivity contribution in [2.24, 2.45) is 0 Å². The summed E-state index contributed by atoms with van der Waals surface area (Å²) < 4.78 is 26.3. The number of amides is 2. The van der Waals surface area contributed by atoms with Gasteiger partial charge >= 0.3 is 12.0 Å². The average Bonchev–Trinajstić information content (AvgIpc) is 2.33. The number of anilines is 1. The number of rotatable bonds is 4. The van der Waals surface area contributed by atoms with E-state index in [1.165, 1.54) is 6.92 Å². The molecule has 1 aromatic carbocycles. The lowest BCUT2D eigenvalue weighted by Crippen LogP contribution is -2.53. The van der Waals surface area contributed by atoms with Gasteiger partial charge in [0, 0.05) is 6.07 Å². The zero-order valence-corrected chi connectivity index (χ0v) is 11.5. The molecule has 1 aromatic rings. The quantitative estimate of drug-likeness (QED) is 0.800. The van der Waals surface area contributed by atoms with Crippen LogP contribution in [0.15, 0.2) is 12.1 Å². The molecule has 0 aliphatic heterocycles. The molecule has 0 saturated carbocycles. The first kappa shape index (κ1) is 16.2. The number of carbonyl (C=O) groups excluding carboxylic acids is 1. The van der Waals surface area contributed by atoms with Crippen LogP contribution < -0.4 is 10.6 Å². The number of halogens is 3. The van der Waals surface area contributed by atoms with Gasteiger partial charge < -0.3 is 15.7 Å². The molecule has 0 aromatic heterocycles. The molecule has 0 bridgehead atoms. The highest BCUT2D eigenvalue weighted by atomic mass is 35.5. The SMILES string of the molecule is CCC(C)(NC(=O)Nc1c(F)cc(F)cc1Cl)C(=O)O. The Kier molecular flexibility index (Phi) is 4.88. The Morgan fingerprint density at radius 2 is 2.00 bits per heavy atom. The molecular formula is C12H13ClF2N2O3. The van der Waals surface area contributed by atoms with Gasteiger partial charge in [-0.15, -0.1) is 0 Å². The van der Waals surface area contributed by atoms with E-state index in [4.69, 9.17) is 16.7 Å². The maximum Gasteiger partial charge on any atom is 0.329 e. The topological polar surface area (TPSA) is 78.4 Å². The number of benzene rings is 1. The van der Waals surface area contributed by atoms with Gasteiger partial charge in [-0.25, -0.2) is 18.4 Å². The van der Waals surface area contributed by atoms with E-state index >= 15 is 0 Å². The van der Waals surface area contributed by atoms with Crippen molar-refractivity contribution in [3.63, 3.8) is 0 Å². The minimum Gasteiger partial charge on any atom is -0.480 e. The van der Waals surface area contributed by atoms with E-state index < -0.39 is 34.9 Å². The van der Waals surface area contributed by atoms with Crippen LogP contribution in [0.25, 0.3) is 0 Å². The molecule has 0 radical (unpaired) electrons. The van der Waals surface area contributed by atoms with Gasteiger partial charge in [0.15, 0.2) is 5.82 Å².